The van der Waals surface area contributed by atoms with Gasteiger partial charge in [-0.1, -0.05) is 0 Å². The Kier molecular flexibility index (Phi) is 2.95. The molecule has 0 unspecified atom stereocenters. The number of amides is 1. The summed E-state index contributed by atoms with van der Waals surface area (Å²) in [6.45, 7) is 3.72. The lowest BCUT2D eigenvalue weighted by Gasteiger charge is -2.02. The summed E-state index contributed by atoms with van der Waals surface area (Å²) < 4.78 is 1.52. The molecule has 9 nitrogen and oxygen atoms in total. The number of H-pyrrole nitrogens is 2. The number of aromatic nitrogens is 6. The minimum Gasteiger partial charge on any atom is -0.319 e. The highest BCUT2D eigenvalue weighted by Gasteiger charge is 2.15. The Morgan fingerprint density at radius 2 is 1.92 bits per heavy atom. The summed E-state index contributed by atoms with van der Waals surface area (Å²) in [4.78, 5) is 37.3. The lowest BCUT2D eigenvalue weighted by molar-refractivity contribution is 0.101. The van der Waals surface area contributed by atoms with E-state index in [0.717, 1.165) is 11.4 Å². The van der Waals surface area contributed by atoms with Gasteiger partial charge in [0.15, 0.2) is 0 Å². The zero-order valence-electron chi connectivity index (χ0n) is 12.9. The molecule has 3 heterocycles. The first-order valence-corrected chi connectivity index (χ1v) is 7.24. The molecule has 0 aliphatic heterocycles. The molecular formula is C15H13N7O2. The van der Waals surface area contributed by atoms with Crippen LogP contribution < -0.4 is 11.0 Å². The van der Waals surface area contributed by atoms with Crippen LogP contribution in [0.4, 0.5) is 5.69 Å². The maximum absolute atomic E-state index is 12.4. The molecule has 0 bridgehead atoms. The summed E-state index contributed by atoms with van der Waals surface area (Å²) >= 11 is 0. The van der Waals surface area contributed by atoms with Crippen molar-refractivity contribution in [3.63, 3.8) is 0 Å². The van der Waals surface area contributed by atoms with Gasteiger partial charge in [-0.25, -0.2) is 14.3 Å². The van der Waals surface area contributed by atoms with Gasteiger partial charge < -0.3 is 15.3 Å². The van der Waals surface area contributed by atoms with E-state index in [2.05, 4.69) is 30.4 Å². The summed E-state index contributed by atoms with van der Waals surface area (Å²) in [5, 5.41) is 6.90. The number of carbonyl (C=O) groups excluding carboxylic acids is 1. The van der Waals surface area contributed by atoms with E-state index in [1.165, 1.54) is 4.52 Å². The zero-order chi connectivity index (χ0) is 16.8. The highest BCUT2D eigenvalue weighted by Crippen LogP contribution is 2.15. The van der Waals surface area contributed by atoms with Gasteiger partial charge in [0.25, 0.3) is 11.7 Å². The van der Waals surface area contributed by atoms with E-state index in [0.29, 0.717) is 22.5 Å². The first-order valence-electron chi connectivity index (χ1n) is 7.24. The van der Waals surface area contributed by atoms with Gasteiger partial charge >= 0.3 is 5.69 Å². The number of carbonyl (C=O) groups is 1. The van der Waals surface area contributed by atoms with Gasteiger partial charge in [-0.2, -0.15) is 4.98 Å². The average molecular weight is 323 g/mol. The van der Waals surface area contributed by atoms with Crippen molar-refractivity contribution in [3.05, 3.63) is 52.0 Å². The number of rotatable bonds is 2. The molecule has 3 aromatic heterocycles. The van der Waals surface area contributed by atoms with Crippen LogP contribution in [-0.4, -0.2) is 35.5 Å². The minimum absolute atomic E-state index is 0.0267. The molecule has 0 spiro atoms. The fourth-order valence-corrected chi connectivity index (χ4v) is 2.56. The van der Waals surface area contributed by atoms with Gasteiger partial charge in [-0.15, -0.1) is 5.10 Å². The molecule has 0 radical (unpaired) electrons. The summed E-state index contributed by atoms with van der Waals surface area (Å²) in [5.74, 6) is -0.0447. The van der Waals surface area contributed by atoms with E-state index in [1.54, 1.807) is 18.2 Å². The van der Waals surface area contributed by atoms with Crippen LogP contribution in [0.1, 0.15) is 22.0 Å². The molecule has 4 rings (SSSR count). The van der Waals surface area contributed by atoms with Gasteiger partial charge in [0, 0.05) is 17.1 Å². The average Bonchev–Trinajstić information content (AvgIpc) is 3.09. The highest BCUT2D eigenvalue weighted by atomic mass is 16.2. The SMILES string of the molecule is Cc1cc(C)n2nc(C(=O)Nc3ccc4[nH]c(=O)[nH]c4c3)nc2n1. The predicted octanol–water partition coefficient (Wildman–Crippen LogP) is 1.16. The molecule has 0 aliphatic rings. The van der Waals surface area contributed by atoms with Crippen LogP contribution in [0.2, 0.25) is 0 Å². The second kappa shape index (κ2) is 5.01. The van der Waals surface area contributed by atoms with Crippen LogP contribution in [-0.2, 0) is 0 Å². The number of benzene rings is 1. The molecule has 1 aromatic carbocycles. The van der Waals surface area contributed by atoms with E-state index in [9.17, 15) is 9.59 Å². The highest BCUT2D eigenvalue weighted by molar-refractivity contribution is 6.02. The Morgan fingerprint density at radius 3 is 2.75 bits per heavy atom. The quantitative estimate of drug-likeness (QED) is 0.511. The van der Waals surface area contributed by atoms with Crippen LogP contribution in [0.3, 0.4) is 0 Å². The third-order valence-corrected chi connectivity index (χ3v) is 3.60. The molecule has 0 aliphatic carbocycles. The molecule has 4 aromatic rings. The van der Waals surface area contributed by atoms with E-state index in [-0.39, 0.29) is 11.5 Å². The van der Waals surface area contributed by atoms with E-state index in [4.69, 9.17) is 0 Å². The number of fused-ring (bicyclic) bond motifs is 2. The molecule has 0 atom stereocenters. The Bertz CT molecular complexity index is 1150. The van der Waals surface area contributed by atoms with Gasteiger partial charge in [0.1, 0.15) is 0 Å². The molecule has 0 saturated heterocycles. The lowest BCUT2D eigenvalue weighted by Crippen LogP contribution is -2.14. The number of anilines is 1. The van der Waals surface area contributed by atoms with Crippen molar-refractivity contribution >= 4 is 28.4 Å². The van der Waals surface area contributed by atoms with Crippen LogP contribution in [0.25, 0.3) is 16.8 Å². The summed E-state index contributed by atoms with van der Waals surface area (Å²) in [7, 11) is 0. The monoisotopic (exact) mass is 323 g/mol. The Labute approximate surface area is 134 Å². The van der Waals surface area contributed by atoms with E-state index < -0.39 is 5.91 Å². The third-order valence-electron chi connectivity index (χ3n) is 3.60. The van der Waals surface area contributed by atoms with Crippen molar-refractivity contribution in [2.24, 2.45) is 0 Å². The Hall–Kier alpha value is -3.49. The molecule has 1 amide bonds. The normalized spacial score (nSPS) is 11.2. The summed E-state index contributed by atoms with van der Waals surface area (Å²) in [6, 6.07) is 6.91. The maximum Gasteiger partial charge on any atom is 0.323 e. The van der Waals surface area contributed by atoms with Gasteiger partial charge in [-0.3, -0.25) is 4.79 Å². The summed E-state index contributed by atoms with van der Waals surface area (Å²) in [5.41, 5.74) is 3.15. The smallest absolute Gasteiger partial charge is 0.319 e. The van der Waals surface area contributed by atoms with Crippen LogP contribution in [0.15, 0.2) is 29.1 Å². The molecule has 0 fully saturated rings. The maximum atomic E-state index is 12.4. The van der Waals surface area contributed by atoms with Gasteiger partial charge in [0.05, 0.1) is 11.0 Å². The largest absolute Gasteiger partial charge is 0.323 e. The molecule has 3 N–H and O–H groups in total. The predicted molar refractivity (Wildman–Crippen MR) is 87.1 cm³/mol. The number of nitrogens with one attached hydrogen (secondary N) is 3. The molecule has 9 heteroatoms. The number of hydrogen-bond acceptors (Lipinski definition) is 5. The fraction of sp³-hybridized carbons (Fsp3) is 0.133. The standard InChI is InChI=1S/C15H13N7O2/c1-7-5-8(2)22-14(16-7)20-12(21-22)13(23)17-9-3-4-10-11(6-9)19-15(24)18-10/h3-6H,1-2H3,(H,17,23)(H2,18,19,24). The number of aryl methyl sites for hydroxylation is 2. The molecule has 0 saturated carbocycles. The molecule has 24 heavy (non-hydrogen) atoms. The van der Waals surface area contributed by atoms with Gasteiger partial charge in [0.2, 0.25) is 5.82 Å². The first kappa shape index (κ1) is 14.1. The van der Waals surface area contributed by atoms with Crippen molar-refractivity contribution in [2.75, 3.05) is 5.32 Å². The fourth-order valence-electron chi connectivity index (χ4n) is 2.56. The van der Waals surface area contributed by atoms with Crippen molar-refractivity contribution in [1.29, 1.82) is 0 Å². The van der Waals surface area contributed by atoms with E-state index >= 15 is 0 Å². The number of imidazole rings is 1. The second-order valence-electron chi connectivity index (χ2n) is 5.48. The topological polar surface area (TPSA) is 121 Å². The van der Waals surface area contributed by atoms with Crippen molar-refractivity contribution < 1.29 is 4.79 Å². The third kappa shape index (κ3) is 2.32. The zero-order valence-corrected chi connectivity index (χ0v) is 12.9. The lowest BCUT2D eigenvalue weighted by atomic mass is 10.2. The van der Waals surface area contributed by atoms with Crippen molar-refractivity contribution in [1.82, 2.24) is 29.5 Å². The Morgan fingerprint density at radius 1 is 1.12 bits per heavy atom. The van der Waals surface area contributed by atoms with E-state index in [1.807, 2.05) is 19.9 Å². The van der Waals surface area contributed by atoms with Crippen LogP contribution in [0.5, 0.6) is 0 Å². The molecular weight excluding hydrogens is 310 g/mol. The number of nitrogens with zero attached hydrogens (tertiary/aromatic N) is 4. The van der Waals surface area contributed by atoms with Crippen LogP contribution >= 0.6 is 0 Å². The van der Waals surface area contributed by atoms with Gasteiger partial charge in [-0.05, 0) is 38.1 Å². The minimum atomic E-state index is -0.449. The Balaban J connectivity index is 1.67. The second-order valence-corrected chi connectivity index (χ2v) is 5.48. The van der Waals surface area contributed by atoms with Crippen molar-refractivity contribution in [2.45, 2.75) is 13.8 Å². The molecule has 120 valence electrons. The summed E-state index contributed by atoms with van der Waals surface area (Å²) in [6.07, 6.45) is 0. The number of aromatic amines is 2. The number of hydrogen-bond donors (Lipinski definition) is 3. The van der Waals surface area contributed by atoms with Crippen molar-refractivity contribution in [3.8, 4) is 0 Å². The van der Waals surface area contributed by atoms with Crippen LogP contribution in [0, 0.1) is 13.8 Å². The first-order chi connectivity index (χ1) is 11.5.